The highest BCUT2D eigenvalue weighted by Crippen LogP contribution is 2.20. The van der Waals surface area contributed by atoms with Crippen molar-refractivity contribution in [1.82, 2.24) is 15.5 Å². The molecule has 1 saturated heterocycles. The number of hydrogen-bond acceptors (Lipinski definition) is 8. The minimum absolute atomic E-state index is 0.0287. The molecule has 0 aromatic heterocycles. The van der Waals surface area contributed by atoms with Crippen LogP contribution in [0.5, 0.6) is 0 Å². The number of anilines is 1. The van der Waals surface area contributed by atoms with E-state index < -0.39 is 29.8 Å². The normalized spacial score (nSPS) is 14.3. The Bertz CT molecular complexity index is 1180. The number of carbonyl (C=O) groups is 7. The highest BCUT2D eigenvalue weighted by molar-refractivity contribution is 6.02. The van der Waals surface area contributed by atoms with Gasteiger partial charge in [0, 0.05) is 63.2 Å². The molecular formula is C32H47N5O8. The second-order valence-electron chi connectivity index (χ2n) is 11.7. The number of rotatable bonds is 21. The maximum absolute atomic E-state index is 13.4. The smallest absolute Gasteiger partial charge is 0.312 e. The first-order valence-corrected chi connectivity index (χ1v) is 15.6. The van der Waals surface area contributed by atoms with Crippen molar-refractivity contribution in [3.8, 4) is 0 Å². The number of primary amides is 1. The highest BCUT2D eigenvalue weighted by Gasteiger charge is 2.30. The van der Waals surface area contributed by atoms with Gasteiger partial charge in [0.2, 0.25) is 23.6 Å². The number of imide groups is 1. The van der Waals surface area contributed by atoms with Gasteiger partial charge < -0.3 is 26.8 Å². The monoisotopic (exact) mass is 629 g/mol. The van der Waals surface area contributed by atoms with Crippen LogP contribution in [0.2, 0.25) is 0 Å². The SMILES string of the molecule is CC(C)[C@H](NC(=O)CCC(=O)CCCCCN1C(=O)CCC1=O)C(=O)C[C@@H](CCCNC(N)=O)C(=O)Nc1ccc(CO)cc1. The van der Waals surface area contributed by atoms with E-state index in [-0.39, 0.29) is 87.4 Å². The zero-order valence-corrected chi connectivity index (χ0v) is 26.3. The van der Waals surface area contributed by atoms with Gasteiger partial charge in [0.05, 0.1) is 12.6 Å². The molecule has 248 valence electrons. The zero-order valence-electron chi connectivity index (χ0n) is 26.3. The van der Waals surface area contributed by atoms with E-state index in [0.29, 0.717) is 43.5 Å². The van der Waals surface area contributed by atoms with Crippen LogP contribution in [0, 0.1) is 11.8 Å². The Kier molecular flexibility index (Phi) is 15.9. The van der Waals surface area contributed by atoms with Crippen LogP contribution < -0.4 is 21.7 Å². The molecule has 0 aliphatic carbocycles. The van der Waals surface area contributed by atoms with Crippen LogP contribution in [-0.4, -0.2) is 70.4 Å². The molecule has 0 saturated carbocycles. The van der Waals surface area contributed by atoms with Gasteiger partial charge in [-0.1, -0.05) is 32.4 Å². The van der Waals surface area contributed by atoms with Crippen LogP contribution in [0.15, 0.2) is 24.3 Å². The van der Waals surface area contributed by atoms with Gasteiger partial charge in [-0.15, -0.1) is 0 Å². The first-order valence-electron chi connectivity index (χ1n) is 15.6. The molecule has 0 bridgehead atoms. The fourth-order valence-electron chi connectivity index (χ4n) is 5.08. The standard InChI is InChI=1S/C32H47N5O8/c1-21(2)30(36-27(41)14-13-25(39)8-4-3-5-18-37-28(42)15-16-29(37)43)26(40)19-23(7-6-17-34-32(33)45)31(44)35-24-11-9-22(20-38)10-12-24/h9-12,21,23,30,38H,3-8,13-20H2,1-2H3,(H,35,44)(H,36,41)(H3,33,34,45)/t23-,30+/m1/s1. The number of urea groups is 1. The number of amides is 6. The summed E-state index contributed by atoms with van der Waals surface area (Å²) >= 11 is 0. The van der Waals surface area contributed by atoms with Gasteiger partial charge in [0.15, 0.2) is 5.78 Å². The minimum Gasteiger partial charge on any atom is -0.392 e. The third kappa shape index (κ3) is 13.6. The van der Waals surface area contributed by atoms with Crippen LogP contribution in [0.3, 0.4) is 0 Å². The van der Waals surface area contributed by atoms with Gasteiger partial charge >= 0.3 is 6.03 Å². The maximum Gasteiger partial charge on any atom is 0.312 e. The first-order chi connectivity index (χ1) is 21.4. The third-order valence-electron chi connectivity index (χ3n) is 7.70. The molecule has 1 aromatic carbocycles. The van der Waals surface area contributed by atoms with Crippen molar-refractivity contribution < 1.29 is 38.7 Å². The Morgan fingerprint density at radius 2 is 1.58 bits per heavy atom. The summed E-state index contributed by atoms with van der Waals surface area (Å²) in [5, 5.41) is 17.2. The number of hydrogen-bond donors (Lipinski definition) is 5. The van der Waals surface area contributed by atoms with Crippen LogP contribution in [0.1, 0.15) is 90.0 Å². The van der Waals surface area contributed by atoms with Crippen LogP contribution in [0.4, 0.5) is 10.5 Å². The lowest BCUT2D eigenvalue weighted by Crippen LogP contribution is -2.45. The van der Waals surface area contributed by atoms with E-state index in [1.165, 1.54) is 4.90 Å². The Labute approximate surface area is 264 Å². The van der Waals surface area contributed by atoms with Crippen LogP contribution in [-0.2, 0) is 35.4 Å². The summed E-state index contributed by atoms with van der Waals surface area (Å²) in [5.41, 5.74) is 6.30. The number of unbranched alkanes of at least 4 members (excludes halogenated alkanes) is 2. The Morgan fingerprint density at radius 1 is 0.911 bits per heavy atom. The lowest BCUT2D eigenvalue weighted by molar-refractivity contribution is -0.138. The lowest BCUT2D eigenvalue weighted by atomic mass is 9.89. The Hall–Kier alpha value is -4.13. The number of aliphatic hydroxyl groups excluding tert-OH is 1. The van der Waals surface area contributed by atoms with Crippen LogP contribution in [0.25, 0.3) is 0 Å². The number of carbonyl (C=O) groups excluding carboxylic acids is 7. The fraction of sp³-hybridized carbons (Fsp3) is 0.594. The molecule has 1 aliphatic heterocycles. The van der Waals surface area contributed by atoms with Gasteiger partial charge in [-0.05, 0) is 49.3 Å². The molecule has 1 heterocycles. The molecule has 0 radical (unpaired) electrons. The molecule has 0 unspecified atom stereocenters. The summed E-state index contributed by atoms with van der Waals surface area (Å²) < 4.78 is 0. The number of nitrogens with two attached hydrogens (primary N) is 1. The van der Waals surface area contributed by atoms with Crippen molar-refractivity contribution in [1.29, 1.82) is 0 Å². The van der Waals surface area contributed by atoms with Gasteiger partial charge in [0.1, 0.15) is 5.78 Å². The number of nitrogens with one attached hydrogen (secondary N) is 3. The molecule has 45 heavy (non-hydrogen) atoms. The zero-order chi connectivity index (χ0) is 33.4. The van der Waals surface area contributed by atoms with E-state index in [1.54, 1.807) is 38.1 Å². The summed E-state index contributed by atoms with van der Waals surface area (Å²) in [5.74, 6) is -2.54. The largest absolute Gasteiger partial charge is 0.392 e. The fourth-order valence-corrected chi connectivity index (χ4v) is 5.08. The maximum atomic E-state index is 13.4. The highest BCUT2D eigenvalue weighted by atomic mass is 16.3. The van der Waals surface area contributed by atoms with Gasteiger partial charge in [-0.25, -0.2) is 4.79 Å². The van der Waals surface area contributed by atoms with E-state index in [4.69, 9.17) is 5.73 Å². The predicted molar refractivity (Wildman–Crippen MR) is 166 cm³/mol. The predicted octanol–water partition coefficient (Wildman–Crippen LogP) is 2.34. The van der Waals surface area contributed by atoms with E-state index in [9.17, 15) is 38.7 Å². The van der Waals surface area contributed by atoms with Gasteiger partial charge in [-0.3, -0.25) is 33.7 Å². The average Bonchev–Trinajstić information content (AvgIpc) is 3.32. The molecule has 1 aliphatic rings. The topological polar surface area (TPSA) is 205 Å². The third-order valence-corrected chi connectivity index (χ3v) is 7.70. The van der Waals surface area contributed by atoms with Crippen molar-refractivity contribution >= 4 is 46.9 Å². The number of Topliss-reactive ketones (excluding diaryl/α,β-unsaturated/α-hetero) is 2. The summed E-state index contributed by atoms with van der Waals surface area (Å²) in [6.45, 7) is 4.03. The summed E-state index contributed by atoms with van der Waals surface area (Å²) in [6, 6.07) is 5.09. The molecule has 6 amide bonds. The number of aliphatic hydroxyl groups is 1. The number of ketones is 2. The molecule has 0 spiro atoms. The van der Waals surface area contributed by atoms with E-state index >= 15 is 0 Å². The van der Waals surface area contributed by atoms with Crippen LogP contribution >= 0.6 is 0 Å². The molecule has 13 heteroatoms. The van der Waals surface area contributed by atoms with Crippen molar-refractivity contribution in [2.75, 3.05) is 18.4 Å². The molecule has 6 N–H and O–H groups in total. The number of likely N-dealkylation sites (tertiary alicyclic amines) is 1. The first kappa shape index (κ1) is 37.1. The van der Waals surface area contributed by atoms with E-state index in [2.05, 4.69) is 16.0 Å². The minimum atomic E-state index is -0.855. The van der Waals surface area contributed by atoms with Crippen molar-refractivity contribution in [2.45, 2.75) is 97.1 Å². The quantitative estimate of drug-likeness (QED) is 0.101. The molecule has 2 atom stereocenters. The Balaban J connectivity index is 1.85. The van der Waals surface area contributed by atoms with Crippen molar-refractivity contribution in [3.63, 3.8) is 0 Å². The van der Waals surface area contributed by atoms with E-state index in [1.807, 2.05) is 0 Å². The summed E-state index contributed by atoms with van der Waals surface area (Å²) in [4.78, 5) is 87.2. The number of benzene rings is 1. The van der Waals surface area contributed by atoms with Crippen molar-refractivity contribution in [3.05, 3.63) is 29.8 Å². The number of nitrogens with zero attached hydrogens (tertiary/aromatic N) is 1. The second-order valence-corrected chi connectivity index (χ2v) is 11.7. The lowest BCUT2D eigenvalue weighted by Gasteiger charge is -2.24. The molecule has 13 nitrogen and oxygen atoms in total. The summed E-state index contributed by atoms with van der Waals surface area (Å²) in [6.07, 6.45) is 3.19. The molecule has 1 fully saturated rings. The molecule has 2 rings (SSSR count). The Morgan fingerprint density at radius 3 is 2.18 bits per heavy atom. The summed E-state index contributed by atoms with van der Waals surface area (Å²) in [7, 11) is 0. The van der Waals surface area contributed by atoms with Gasteiger partial charge in [-0.2, -0.15) is 0 Å². The molecule has 1 aromatic rings. The molecular weight excluding hydrogens is 582 g/mol. The average molecular weight is 630 g/mol. The van der Waals surface area contributed by atoms with Gasteiger partial charge in [0.25, 0.3) is 0 Å². The van der Waals surface area contributed by atoms with E-state index in [0.717, 1.165) is 0 Å². The van der Waals surface area contributed by atoms with Crippen molar-refractivity contribution in [2.24, 2.45) is 17.6 Å². The second kappa shape index (κ2) is 19.3.